The molecule has 2 atom stereocenters. The van der Waals surface area contributed by atoms with Crippen molar-refractivity contribution in [2.45, 2.75) is 37.8 Å². The number of anilines is 1. The van der Waals surface area contributed by atoms with Crippen molar-refractivity contribution in [3.63, 3.8) is 0 Å². The fourth-order valence-corrected chi connectivity index (χ4v) is 5.50. The van der Waals surface area contributed by atoms with Crippen LogP contribution in [0.25, 0.3) is 22.2 Å². The quantitative estimate of drug-likeness (QED) is 0.230. The first-order valence-electron chi connectivity index (χ1n) is 13.9. The predicted octanol–water partition coefficient (Wildman–Crippen LogP) is 6.10. The molecular weight excluding hydrogens is 644 g/mol. The molecule has 248 valence electrons. The number of ether oxygens (including phenoxy) is 1. The summed E-state index contributed by atoms with van der Waals surface area (Å²) >= 11 is 0. The van der Waals surface area contributed by atoms with Crippen LogP contribution in [0, 0.1) is 18.6 Å². The summed E-state index contributed by atoms with van der Waals surface area (Å²) in [6.07, 6.45) is -7.50. The number of nitrogens with one attached hydrogen (secondary N) is 1. The molecule has 8 nitrogen and oxygen atoms in total. The summed E-state index contributed by atoms with van der Waals surface area (Å²) in [6.45, 7) is 0.0218. The molecule has 1 saturated heterocycles. The Labute approximate surface area is 261 Å². The molecule has 3 heterocycles. The molecular formula is C31H24F8N4O4. The van der Waals surface area contributed by atoms with Gasteiger partial charge in [0.25, 0.3) is 5.91 Å². The lowest BCUT2D eigenvalue weighted by atomic mass is 9.94. The molecule has 0 bridgehead atoms. The molecule has 0 spiro atoms. The molecule has 0 saturated carbocycles. The number of hydrogen-bond donors (Lipinski definition) is 2. The van der Waals surface area contributed by atoms with Gasteiger partial charge in [0, 0.05) is 42.0 Å². The lowest BCUT2D eigenvalue weighted by Gasteiger charge is -2.38. The number of rotatable bonds is 7. The van der Waals surface area contributed by atoms with Crippen LogP contribution in [0.2, 0.25) is 0 Å². The highest BCUT2D eigenvalue weighted by molar-refractivity contribution is 5.98. The van der Waals surface area contributed by atoms with Crippen molar-refractivity contribution in [2.24, 2.45) is 0 Å². The third kappa shape index (κ3) is 6.82. The van der Waals surface area contributed by atoms with Crippen molar-refractivity contribution < 1.29 is 54.6 Å². The van der Waals surface area contributed by atoms with Gasteiger partial charge in [-0.1, -0.05) is 18.2 Å². The van der Waals surface area contributed by atoms with Gasteiger partial charge in [-0.15, -0.1) is 0 Å². The van der Waals surface area contributed by atoms with Crippen LogP contribution in [0.1, 0.15) is 27.0 Å². The second-order valence-corrected chi connectivity index (χ2v) is 10.7. The maximum absolute atomic E-state index is 15.1. The number of alkyl halides is 6. The highest BCUT2D eigenvalue weighted by Gasteiger charge is 2.46. The Morgan fingerprint density at radius 1 is 1.04 bits per heavy atom. The molecule has 16 heteroatoms. The molecule has 1 fully saturated rings. The number of benzene rings is 2. The molecule has 5 rings (SSSR count). The molecule has 47 heavy (non-hydrogen) atoms. The Balaban J connectivity index is 1.45. The predicted molar refractivity (Wildman–Crippen MR) is 152 cm³/mol. The minimum atomic E-state index is -4.78. The first-order valence-corrected chi connectivity index (χ1v) is 13.9. The van der Waals surface area contributed by atoms with Crippen molar-refractivity contribution in [1.29, 1.82) is 0 Å². The average molecular weight is 669 g/mol. The summed E-state index contributed by atoms with van der Waals surface area (Å²) in [5, 5.41) is 12.1. The number of carbonyl (C=O) groups excluding carboxylic acids is 1. The van der Waals surface area contributed by atoms with Crippen LogP contribution in [0.3, 0.4) is 0 Å². The minimum absolute atomic E-state index is 0.00791. The van der Waals surface area contributed by atoms with Crippen molar-refractivity contribution in [3.05, 3.63) is 88.7 Å². The number of aryl methyl sites for hydroxylation is 1. The number of carboxylic acids is 1. The number of carbonyl (C=O) groups is 2. The summed E-state index contributed by atoms with van der Waals surface area (Å²) in [7, 11) is 0. The molecule has 1 aliphatic heterocycles. The van der Waals surface area contributed by atoms with Gasteiger partial charge < -0.3 is 20.1 Å². The molecule has 0 aliphatic carbocycles. The van der Waals surface area contributed by atoms with Gasteiger partial charge in [0.05, 0.1) is 30.0 Å². The van der Waals surface area contributed by atoms with Crippen LogP contribution in [0.5, 0.6) is 0 Å². The molecule has 0 radical (unpaired) electrons. The number of fused-ring (bicyclic) bond motifs is 1. The van der Waals surface area contributed by atoms with E-state index in [4.69, 9.17) is 4.74 Å². The summed E-state index contributed by atoms with van der Waals surface area (Å²) in [5.74, 6) is -6.16. The van der Waals surface area contributed by atoms with Gasteiger partial charge in [-0.05, 0) is 42.3 Å². The minimum Gasteiger partial charge on any atom is -0.480 e. The zero-order valence-electron chi connectivity index (χ0n) is 24.2. The van der Waals surface area contributed by atoms with Crippen molar-refractivity contribution >= 4 is 28.5 Å². The topological polar surface area (TPSA) is 105 Å². The van der Waals surface area contributed by atoms with E-state index in [9.17, 15) is 41.0 Å². The van der Waals surface area contributed by atoms with E-state index in [1.165, 1.54) is 49.6 Å². The first kappa shape index (κ1) is 33.5. The Bertz CT molecular complexity index is 1820. The lowest BCUT2D eigenvalue weighted by molar-refractivity contribution is -0.167. The summed E-state index contributed by atoms with van der Waals surface area (Å²) in [5.41, 5.74) is -2.89. The first-order chi connectivity index (χ1) is 22.1. The number of pyridine rings is 2. The molecule has 2 aromatic carbocycles. The monoisotopic (exact) mass is 668 g/mol. The maximum Gasteiger partial charge on any atom is 0.418 e. The summed E-state index contributed by atoms with van der Waals surface area (Å²) in [6, 6.07) is 3.86. The van der Waals surface area contributed by atoms with Crippen LogP contribution in [-0.2, 0) is 22.1 Å². The molecule has 2 aromatic heterocycles. The fourth-order valence-electron chi connectivity index (χ4n) is 5.50. The van der Waals surface area contributed by atoms with Gasteiger partial charge in [0.2, 0.25) is 0 Å². The Morgan fingerprint density at radius 2 is 1.74 bits per heavy atom. The molecule has 1 aliphatic rings. The highest BCUT2D eigenvalue weighted by Crippen LogP contribution is 2.40. The van der Waals surface area contributed by atoms with Gasteiger partial charge in [0.1, 0.15) is 29.3 Å². The normalized spacial score (nSPS) is 16.3. The average Bonchev–Trinajstić information content (AvgIpc) is 2.99. The van der Waals surface area contributed by atoms with Crippen molar-refractivity contribution in [1.82, 2.24) is 15.3 Å². The summed E-state index contributed by atoms with van der Waals surface area (Å²) < 4.78 is 117. The smallest absolute Gasteiger partial charge is 0.418 e. The Hall–Kier alpha value is -4.86. The zero-order chi connectivity index (χ0) is 34.3. The van der Waals surface area contributed by atoms with Gasteiger partial charge in [-0.25, -0.2) is 13.6 Å². The maximum atomic E-state index is 15.1. The number of amides is 1. The summed E-state index contributed by atoms with van der Waals surface area (Å²) in [4.78, 5) is 34.0. The third-order valence-electron chi connectivity index (χ3n) is 7.68. The van der Waals surface area contributed by atoms with Crippen LogP contribution in [0.15, 0.2) is 54.9 Å². The Morgan fingerprint density at radius 3 is 2.38 bits per heavy atom. The second kappa shape index (κ2) is 12.7. The zero-order valence-corrected chi connectivity index (χ0v) is 24.2. The number of halogens is 8. The van der Waals surface area contributed by atoms with Gasteiger partial charge in [0.15, 0.2) is 0 Å². The van der Waals surface area contributed by atoms with E-state index in [2.05, 4.69) is 9.97 Å². The number of carboxylic acid groups (broad SMARTS) is 1. The molecule has 0 unspecified atom stereocenters. The van der Waals surface area contributed by atoms with Crippen LogP contribution < -0.4 is 10.2 Å². The SMILES string of the molecule is Cc1ccnc(-c2ccc(C[C@H](NC(=O)c3c(F)cc(N4CCOC[C@@H]4C(F)(F)F)cc3F)C(=O)O)c3cccnc23)c1C(F)(F)F. The number of morpholine rings is 1. The van der Waals surface area contributed by atoms with E-state index in [0.29, 0.717) is 17.0 Å². The van der Waals surface area contributed by atoms with E-state index >= 15 is 8.78 Å². The number of aliphatic carboxylic acids is 1. The van der Waals surface area contributed by atoms with E-state index < -0.39 is 83.5 Å². The van der Waals surface area contributed by atoms with Gasteiger partial charge >= 0.3 is 18.3 Å². The van der Waals surface area contributed by atoms with E-state index in [0.717, 1.165) is 0 Å². The largest absolute Gasteiger partial charge is 0.480 e. The van der Waals surface area contributed by atoms with Crippen LogP contribution in [-0.4, -0.2) is 65.0 Å². The third-order valence-corrected chi connectivity index (χ3v) is 7.68. The second-order valence-electron chi connectivity index (χ2n) is 10.7. The standard InChI is InChI=1S/C31H24F8N4O4/c1-15-6-8-41-27(25(15)31(37,38)39)19-5-4-16(18-3-2-7-40-26(18)19)11-22(29(45)46)42-28(44)24-20(32)12-17(13-21(24)33)43-9-10-47-14-23(43)30(34,35)36/h2-8,12-13,22-23H,9-11,14H2,1H3,(H,42,44)(H,45,46)/t22-,23+/m0/s1. The van der Waals surface area contributed by atoms with Crippen molar-refractivity contribution in [3.8, 4) is 11.3 Å². The van der Waals surface area contributed by atoms with E-state index in [-0.39, 0.29) is 40.7 Å². The number of aromatic nitrogens is 2. The van der Waals surface area contributed by atoms with Crippen LogP contribution in [0.4, 0.5) is 40.8 Å². The van der Waals surface area contributed by atoms with E-state index in [1.807, 2.05) is 5.32 Å². The van der Waals surface area contributed by atoms with Gasteiger partial charge in [-0.3, -0.25) is 14.8 Å². The number of hydrogen-bond acceptors (Lipinski definition) is 6. The van der Waals surface area contributed by atoms with Crippen molar-refractivity contribution in [2.75, 3.05) is 24.7 Å². The highest BCUT2D eigenvalue weighted by atomic mass is 19.4. The number of nitrogens with zero attached hydrogens (tertiary/aromatic N) is 3. The molecule has 2 N–H and O–H groups in total. The Kier molecular flexibility index (Phi) is 9.08. The fraction of sp³-hybridized carbons (Fsp3) is 0.290. The van der Waals surface area contributed by atoms with Crippen LogP contribution >= 0.6 is 0 Å². The van der Waals surface area contributed by atoms with E-state index in [1.54, 1.807) is 0 Å². The van der Waals surface area contributed by atoms with Gasteiger partial charge in [-0.2, -0.15) is 26.3 Å². The molecule has 4 aromatic rings. The molecule has 1 amide bonds. The lowest BCUT2D eigenvalue weighted by Crippen LogP contribution is -2.53.